The number of aromatic nitrogens is 4. The lowest BCUT2D eigenvalue weighted by Gasteiger charge is -1.94. The van der Waals surface area contributed by atoms with Crippen molar-refractivity contribution >= 4 is 54.5 Å². The SMILES string of the molecule is Brc1ccc2[nH]cc(-c3nn4cc(-c5ccsc5)nc4s3)c2c1. The third-order valence-corrected chi connectivity index (χ3v) is 5.87. The monoisotopic (exact) mass is 400 g/mol. The van der Waals surface area contributed by atoms with Crippen LogP contribution in [0.3, 0.4) is 0 Å². The minimum absolute atomic E-state index is 0.908. The topological polar surface area (TPSA) is 46.0 Å². The summed E-state index contributed by atoms with van der Waals surface area (Å²) in [5.41, 5.74) is 4.33. The molecule has 1 aromatic carbocycles. The second-order valence-corrected chi connectivity index (χ2v) is 7.82. The molecular weight excluding hydrogens is 392 g/mol. The molecule has 1 N–H and O–H groups in total. The molecule has 7 heteroatoms. The van der Waals surface area contributed by atoms with Crippen LogP contribution in [0, 0.1) is 0 Å². The third kappa shape index (κ3) is 2.15. The van der Waals surface area contributed by atoms with Gasteiger partial charge in [-0.3, -0.25) is 0 Å². The molecule has 5 aromatic rings. The van der Waals surface area contributed by atoms with Gasteiger partial charge in [0.2, 0.25) is 4.96 Å². The Bertz CT molecular complexity index is 1100. The van der Waals surface area contributed by atoms with E-state index in [1.54, 1.807) is 22.7 Å². The van der Waals surface area contributed by atoms with Gasteiger partial charge in [-0.25, -0.2) is 9.50 Å². The molecule has 0 aliphatic heterocycles. The van der Waals surface area contributed by atoms with E-state index in [1.807, 2.05) is 23.0 Å². The first-order chi connectivity index (χ1) is 11.3. The number of H-pyrrole nitrogens is 1. The normalized spacial score (nSPS) is 11.7. The van der Waals surface area contributed by atoms with Crippen LogP contribution >= 0.6 is 38.6 Å². The van der Waals surface area contributed by atoms with E-state index in [0.29, 0.717) is 0 Å². The van der Waals surface area contributed by atoms with Gasteiger partial charge in [0, 0.05) is 38.1 Å². The Hall–Kier alpha value is -1.96. The van der Waals surface area contributed by atoms with Crippen molar-refractivity contribution in [1.29, 1.82) is 0 Å². The van der Waals surface area contributed by atoms with Crippen molar-refractivity contribution < 1.29 is 0 Å². The van der Waals surface area contributed by atoms with Crippen LogP contribution in [0.25, 0.3) is 37.7 Å². The van der Waals surface area contributed by atoms with Crippen molar-refractivity contribution in [3.63, 3.8) is 0 Å². The molecule has 4 nitrogen and oxygen atoms in total. The molecule has 0 amide bonds. The van der Waals surface area contributed by atoms with Gasteiger partial charge in [0.25, 0.3) is 0 Å². The van der Waals surface area contributed by atoms with Gasteiger partial charge in [-0.05, 0) is 29.6 Å². The van der Waals surface area contributed by atoms with Crippen LogP contribution < -0.4 is 0 Å². The number of hydrogen-bond donors (Lipinski definition) is 1. The summed E-state index contributed by atoms with van der Waals surface area (Å²) >= 11 is 6.81. The second-order valence-electron chi connectivity index (χ2n) is 5.16. The molecule has 23 heavy (non-hydrogen) atoms. The quantitative estimate of drug-likeness (QED) is 0.429. The highest BCUT2D eigenvalue weighted by molar-refractivity contribution is 9.10. The summed E-state index contributed by atoms with van der Waals surface area (Å²) in [5, 5.41) is 11.0. The predicted octanol–water partition coefficient (Wildman–Crippen LogP) is 5.43. The fourth-order valence-corrected chi connectivity index (χ4v) is 4.55. The number of imidazole rings is 1. The first-order valence-electron chi connectivity index (χ1n) is 6.94. The Morgan fingerprint density at radius 1 is 1.22 bits per heavy atom. The zero-order valence-corrected chi connectivity index (χ0v) is 14.9. The highest BCUT2D eigenvalue weighted by Crippen LogP contribution is 2.34. The van der Waals surface area contributed by atoms with Crippen molar-refractivity contribution in [3.05, 3.63) is 51.9 Å². The number of nitrogens with one attached hydrogen (secondary N) is 1. The number of nitrogens with zero attached hydrogens (tertiary/aromatic N) is 3. The van der Waals surface area contributed by atoms with Gasteiger partial charge in [-0.15, -0.1) is 0 Å². The van der Waals surface area contributed by atoms with Crippen molar-refractivity contribution in [2.75, 3.05) is 0 Å². The zero-order valence-electron chi connectivity index (χ0n) is 11.7. The lowest BCUT2D eigenvalue weighted by Crippen LogP contribution is -1.81. The first kappa shape index (κ1) is 13.5. The average Bonchev–Trinajstić information content (AvgIpc) is 3.28. The lowest BCUT2D eigenvalue weighted by atomic mass is 10.2. The largest absolute Gasteiger partial charge is 0.360 e. The van der Waals surface area contributed by atoms with Crippen molar-refractivity contribution in [2.24, 2.45) is 0 Å². The second kappa shape index (κ2) is 5.02. The molecule has 0 radical (unpaired) electrons. The molecular formula is C16H9BrN4S2. The lowest BCUT2D eigenvalue weighted by molar-refractivity contribution is 0.979. The maximum atomic E-state index is 4.71. The van der Waals surface area contributed by atoms with E-state index in [4.69, 9.17) is 5.10 Å². The smallest absolute Gasteiger partial charge is 0.213 e. The predicted molar refractivity (Wildman–Crippen MR) is 99.2 cm³/mol. The van der Waals surface area contributed by atoms with Crippen molar-refractivity contribution in [1.82, 2.24) is 19.6 Å². The third-order valence-electron chi connectivity index (χ3n) is 3.73. The molecule has 0 unspecified atom stereocenters. The van der Waals surface area contributed by atoms with Gasteiger partial charge < -0.3 is 4.98 Å². The molecule has 0 atom stereocenters. The van der Waals surface area contributed by atoms with E-state index in [2.05, 4.69) is 54.9 Å². The number of hydrogen-bond acceptors (Lipinski definition) is 4. The first-order valence-corrected chi connectivity index (χ1v) is 9.49. The number of fused-ring (bicyclic) bond motifs is 2. The highest BCUT2D eigenvalue weighted by atomic mass is 79.9. The maximum Gasteiger partial charge on any atom is 0.213 e. The minimum atomic E-state index is 0.908. The molecule has 0 spiro atoms. The summed E-state index contributed by atoms with van der Waals surface area (Å²) in [6.45, 7) is 0. The molecule has 112 valence electrons. The number of halogens is 1. The van der Waals surface area contributed by atoms with Gasteiger partial charge in [0.1, 0.15) is 5.01 Å². The summed E-state index contributed by atoms with van der Waals surface area (Å²) in [6.07, 6.45) is 4.00. The summed E-state index contributed by atoms with van der Waals surface area (Å²) in [5.74, 6) is 0. The van der Waals surface area contributed by atoms with E-state index in [-0.39, 0.29) is 0 Å². The molecule has 4 aromatic heterocycles. The van der Waals surface area contributed by atoms with Crippen LogP contribution in [0.15, 0.2) is 51.9 Å². The molecule has 0 bridgehead atoms. The Labute approximate surface area is 147 Å². The minimum Gasteiger partial charge on any atom is -0.360 e. The van der Waals surface area contributed by atoms with Gasteiger partial charge in [0.15, 0.2) is 0 Å². The molecule has 0 aliphatic rings. The van der Waals surface area contributed by atoms with Crippen LogP contribution in [0.2, 0.25) is 0 Å². The fourth-order valence-electron chi connectivity index (χ4n) is 2.63. The van der Waals surface area contributed by atoms with Crippen LogP contribution in [-0.2, 0) is 0 Å². The summed E-state index contributed by atoms with van der Waals surface area (Å²) < 4.78 is 2.93. The maximum absolute atomic E-state index is 4.71. The van der Waals surface area contributed by atoms with Gasteiger partial charge in [0.05, 0.1) is 11.9 Å². The van der Waals surface area contributed by atoms with E-state index in [0.717, 1.165) is 42.2 Å². The zero-order chi connectivity index (χ0) is 15.4. The van der Waals surface area contributed by atoms with E-state index >= 15 is 0 Å². The molecule has 0 aliphatic carbocycles. The summed E-state index contributed by atoms with van der Waals surface area (Å²) in [6, 6.07) is 8.29. The van der Waals surface area contributed by atoms with Crippen LogP contribution in [-0.4, -0.2) is 19.6 Å². The Kier molecular flexibility index (Phi) is 2.94. The number of benzene rings is 1. The Morgan fingerprint density at radius 2 is 2.17 bits per heavy atom. The van der Waals surface area contributed by atoms with Gasteiger partial charge >= 0.3 is 0 Å². The van der Waals surface area contributed by atoms with E-state index < -0.39 is 0 Å². The van der Waals surface area contributed by atoms with Crippen LogP contribution in [0.5, 0.6) is 0 Å². The molecule has 0 fully saturated rings. The standard InChI is InChI=1S/C16H9BrN4S2/c17-10-1-2-13-11(5-10)12(6-18-13)15-20-21-7-14(19-16(21)23-15)9-3-4-22-8-9/h1-8,18H. The summed E-state index contributed by atoms with van der Waals surface area (Å²) in [7, 11) is 0. The molecule has 4 heterocycles. The molecule has 5 rings (SSSR count). The average molecular weight is 401 g/mol. The Morgan fingerprint density at radius 3 is 3.00 bits per heavy atom. The Balaban J connectivity index is 1.65. The number of rotatable bonds is 2. The fraction of sp³-hybridized carbons (Fsp3) is 0. The van der Waals surface area contributed by atoms with Crippen LogP contribution in [0.4, 0.5) is 0 Å². The van der Waals surface area contributed by atoms with E-state index in [9.17, 15) is 0 Å². The van der Waals surface area contributed by atoms with Crippen molar-refractivity contribution in [2.45, 2.75) is 0 Å². The molecule has 0 saturated heterocycles. The van der Waals surface area contributed by atoms with Crippen LogP contribution in [0.1, 0.15) is 0 Å². The number of aromatic amines is 1. The number of thiophene rings is 1. The van der Waals surface area contributed by atoms with Gasteiger partial charge in [-0.1, -0.05) is 27.3 Å². The molecule has 0 saturated carbocycles. The highest BCUT2D eigenvalue weighted by Gasteiger charge is 2.14. The van der Waals surface area contributed by atoms with Gasteiger partial charge in [-0.2, -0.15) is 16.4 Å². The summed E-state index contributed by atoms with van der Waals surface area (Å²) in [4.78, 5) is 8.90. The van der Waals surface area contributed by atoms with Crippen molar-refractivity contribution in [3.8, 4) is 21.8 Å². The van der Waals surface area contributed by atoms with E-state index in [1.165, 1.54) is 0 Å².